The summed E-state index contributed by atoms with van der Waals surface area (Å²) in [4.78, 5) is 0. The lowest BCUT2D eigenvalue weighted by molar-refractivity contribution is 0.0737. The van der Waals surface area contributed by atoms with Gasteiger partial charge >= 0.3 is 7.60 Å². The Labute approximate surface area is 117 Å². The van der Waals surface area contributed by atoms with Crippen LogP contribution in [0.3, 0.4) is 0 Å². The summed E-state index contributed by atoms with van der Waals surface area (Å²) in [6.07, 6.45) is 4.29. The van der Waals surface area contributed by atoms with Crippen molar-refractivity contribution in [2.75, 3.05) is 46.3 Å². The first kappa shape index (κ1) is 19.1. The Bertz CT molecular complexity index is 215. The van der Waals surface area contributed by atoms with E-state index in [1.807, 2.05) is 0 Å². The molecule has 0 unspecified atom stereocenters. The second-order valence-corrected chi connectivity index (χ2v) is 6.43. The van der Waals surface area contributed by atoms with Crippen LogP contribution < -0.4 is 0 Å². The van der Waals surface area contributed by atoms with E-state index in [-0.39, 0.29) is 0 Å². The average Bonchev–Trinajstić information content (AvgIpc) is 2.38. The van der Waals surface area contributed by atoms with E-state index in [1.54, 1.807) is 0 Å². The van der Waals surface area contributed by atoms with Crippen LogP contribution in [0.25, 0.3) is 0 Å². The molecule has 0 N–H and O–H groups in total. The van der Waals surface area contributed by atoms with Crippen LogP contribution in [-0.4, -0.2) is 46.3 Å². The molecule has 5 nitrogen and oxygen atoms in total. The highest BCUT2D eigenvalue weighted by Gasteiger charge is 2.16. The van der Waals surface area contributed by atoms with E-state index in [4.69, 9.17) is 18.5 Å². The van der Waals surface area contributed by atoms with Gasteiger partial charge in [0.15, 0.2) is 0 Å². The zero-order valence-electron chi connectivity index (χ0n) is 12.6. The van der Waals surface area contributed by atoms with Gasteiger partial charge in [-0.3, -0.25) is 4.57 Å². The topological polar surface area (TPSA) is 54.0 Å². The molecule has 0 saturated heterocycles. The van der Waals surface area contributed by atoms with Gasteiger partial charge in [0.05, 0.1) is 26.4 Å². The lowest BCUT2D eigenvalue weighted by atomic mass is 10.4. The van der Waals surface area contributed by atoms with Gasteiger partial charge in [-0.1, -0.05) is 26.7 Å². The molecule has 0 bridgehead atoms. The maximum Gasteiger partial charge on any atom is 0.327 e. The van der Waals surface area contributed by atoms with Gasteiger partial charge in [-0.25, -0.2) is 0 Å². The van der Waals surface area contributed by atoms with Crippen molar-refractivity contribution in [3.8, 4) is 0 Å². The second kappa shape index (κ2) is 13.1. The van der Waals surface area contributed by atoms with Crippen molar-refractivity contribution < 1.29 is 23.1 Å². The van der Waals surface area contributed by atoms with Gasteiger partial charge in [0.25, 0.3) is 0 Å². The van der Waals surface area contributed by atoms with Crippen molar-refractivity contribution in [3.63, 3.8) is 0 Å². The molecule has 0 aromatic rings. The van der Waals surface area contributed by atoms with Crippen molar-refractivity contribution in [3.05, 3.63) is 0 Å². The number of rotatable bonds is 14. The molecule has 19 heavy (non-hydrogen) atoms. The summed E-state index contributed by atoms with van der Waals surface area (Å²) in [6.45, 7) is 8.64. The second-order valence-electron chi connectivity index (χ2n) is 4.37. The summed E-state index contributed by atoms with van der Waals surface area (Å²) in [5.41, 5.74) is 0. The van der Waals surface area contributed by atoms with Gasteiger partial charge in [-0.05, 0) is 12.8 Å². The van der Waals surface area contributed by atoms with Crippen molar-refractivity contribution in [1.29, 1.82) is 0 Å². The van der Waals surface area contributed by atoms with Gasteiger partial charge in [0, 0.05) is 19.9 Å². The molecule has 0 aromatic heterocycles. The summed E-state index contributed by atoms with van der Waals surface area (Å²) >= 11 is 0. The Kier molecular flexibility index (Phi) is 13.1. The maximum atomic E-state index is 11.8. The zero-order chi connectivity index (χ0) is 14.4. The summed E-state index contributed by atoms with van der Waals surface area (Å²) < 4.78 is 32.8. The molecular weight excluding hydrogens is 267 g/mol. The first-order valence-corrected chi connectivity index (χ1v) is 9.13. The monoisotopic (exact) mass is 296 g/mol. The predicted octanol–water partition coefficient (Wildman–Crippen LogP) is 3.48. The van der Waals surface area contributed by atoms with Gasteiger partial charge in [0.2, 0.25) is 0 Å². The van der Waals surface area contributed by atoms with Gasteiger partial charge < -0.3 is 18.5 Å². The highest BCUT2D eigenvalue weighted by atomic mass is 31.2. The standard InChI is InChI=1S/C13H29O5P/c1-4-6-8-15-10-12-17-19(3,14)18-13-11-16-9-7-5-2/h4-13H2,1-3H3. The molecule has 0 radical (unpaired) electrons. The van der Waals surface area contributed by atoms with Crippen LogP contribution >= 0.6 is 7.60 Å². The molecule has 0 amide bonds. The van der Waals surface area contributed by atoms with Crippen LogP contribution in [0, 0.1) is 0 Å². The van der Waals surface area contributed by atoms with E-state index < -0.39 is 7.60 Å². The van der Waals surface area contributed by atoms with E-state index >= 15 is 0 Å². The summed E-state index contributed by atoms with van der Waals surface area (Å²) in [5, 5.41) is 0. The van der Waals surface area contributed by atoms with Crippen LogP contribution in [0.2, 0.25) is 0 Å². The molecule has 0 fully saturated rings. The molecule has 0 heterocycles. The lowest BCUT2D eigenvalue weighted by Crippen LogP contribution is -2.08. The summed E-state index contributed by atoms with van der Waals surface area (Å²) in [6, 6.07) is 0. The highest BCUT2D eigenvalue weighted by Crippen LogP contribution is 2.43. The van der Waals surface area contributed by atoms with E-state index in [1.165, 1.54) is 6.66 Å². The SMILES string of the molecule is CCCCOCCOP(C)(=O)OCCOCCCC. The van der Waals surface area contributed by atoms with E-state index in [2.05, 4.69) is 13.8 Å². The molecule has 0 aromatic carbocycles. The molecule has 0 saturated carbocycles. The Morgan fingerprint density at radius 1 is 0.737 bits per heavy atom. The van der Waals surface area contributed by atoms with Crippen LogP contribution in [-0.2, 0) is 23.1 Å². The van der Waals surface area contributed by atoms with Crippen molar-refractivity contribution in [2.24, 2.45) is 0 Å². The Morgan fingerprint density at radius 3 is 1.53 bits per heavy atom. The quantitative estimate of drug-likeness (QED) is 0.363. The van der Waals surface area contributed by atoms with Crippen LogP contribution in [0.4, 0.5) is 0 Å². The number of unbranched alkanes of at least 4 members (excludes halogenated alkanes) is 2. The van der Waals surface area contributed by atoms with Gasteiger partial charge in [-0.2, -0.15) is 0 Å². The largest absolute Gasteiger partial charge is 0.379 e. The molecule has 0 aliphatic heterocycles. The van der Waals surface area contributed by atoms with Crippen LogP contribution in [0.5, 0.6) is 0 Å². The van der Waals surface area contributed by atoms with Crippen LogP contribution in [0.15, 0.2) is 0 Å². The highest BCUT2D eigenvalue weighted by molar-refractivity contribution is 7.52. The molecule has 0 aliphatic carbocycles. The number of ether oxygens (including phenoxy) is 2. The fourth-order valence-corrected chi connectivity index (χ4v) is 2.15. The molecule has 6 heteroatoms. The molecule has 0 spiro atoms. The summed E-state index contributed by atoms with van der Waals surface area (Å²) in [5.74, 6) is 0. The van der Waals surface area contributed by atoms with Gasteiger partial charge in [-0.15, -0.1) is 0 Å². The fraction of sp³-hybridized carbons (Fsp3) is 1.00. The minimum absolute atomic E-state index is 0.300. The smallest absolute Gasteiger partial charge is 0.327 e. The van der Waals surface area contributed by atoms with E-state index in [0.717, 1.165) is 38.9 Å². The molecule has 0 aliphatic rings. The number of hydrogen-bond donors (Lipinski definition) is 0. The number of hydrogen-bond acceptors (Lipinski definition) is 5. The molecule has 0 rings (SSSR count). The third-order valence-electron chi connectivity index (χ3n) is 2.39. The third-order valence-corrected chi connectivity index (χ3v) is 3.69. The normalized spacial score (nSPS) is 11.9. The summed E-state index contributed by atoms with van der Waals surface area (Å²) in [7, 11) is -2.96. The van der Waals surface area contributed by atoms with E-state index in [0.29, 0.717) is 26.4 Å². The fourth-order valence-electron chi connectivity index (χ4n) is 1.26. The zero-order valence-corrected chi connectivity index (χ0v) is 13.5. The van der Waals surface area contributed by atoms with E-state index in [9.17, 15) is 4.57 Å². The third kappa shape index (κ3) is 14.3. The molecular formula is C13H29O5P. The first-order valence-electron chi connectivity index (χ1n) is 7.14. The minimum Gasteiger partial charge on any atom is -0.379 e. The predicted molar refractivity (Wildman–Crippen MR) is 76.9 cm³/mol. The Morgan fingerprint density at radius 2 is 1.16 bits per heavy atom. The first-order chi connectivity index (χ1) is 9.12. The van der Waals surface area contributed by atoms with Crippen molar-refractivity contribution >= 4 is 7.60 Å². The Balaban J connectivity index is 3.39. The van der Waals surface area contributed by atoms with Crippen LogP contribution in [0.1, 0.15) is 39.5 Å². The van der Waals surface area contributed by atoms with Crippen molar-refractivity contribution in [2.45, 2.75) is 39.5 Å². The Hall–Kier alpha value is 0.0700. The van der Waals surface area contributed by atoms with Crippen molar-refractivity contribution in [1.82, 2.24) is 0 Å². The maximum absolute atomic E-state index is 11.8. The molecule has 116 valence electrons. The lowest BCUT2D eigenvalue weighted by Gasteiger charge is -2.14. The van der Waals surface area contributed by atoms with Gasteiger partial charge in [0.1, 0.15) is 0 Å². The average molecular weight is 296 g/mol. The molecule has 0 atom stereocenters. The minimum atomic E-state index is -2.96.